The van der Waals surface area contributed by atoms with Crippen molar-refractivity contribution in [3.63, 3.8) is 0 Å². The number of aromatic nitrogens is 1. The van der Waals surface area contributed by atoms with Crippen molar-refractivity contribution in [2.75, 3.05) is 23.5 Å². The third-order valence-electron chi connectivity index (χ3n) is 5.32. The molecule has 1 unspecified atom stereocenters. The maximum absolute atomic E-state index is 11.6. The highest BCUT2D eigenvalue weighted by molar-refractivity contribution is 7.90. The molecule has 0 amide bonds. The van der Waals surface area contributed by atoms with E-state index in [4.69, 9.17) is 11.6 Å². The van der Waals surface area contributed by atoms with E-state index in [1.165, 1.54) is 16.6 Å². The van der Waals surface area contributed by atoms with E-state index in [1.54, 1.807) is 6.26 Å². The zero-order valence-electron chi connectivity index (χ0n) is 15.0. The van der Waals surface area contributed by atoms with Crippen LogP contribution in [-0.4, -0.2) is 33.6 Å². The highest BCUT2D eigenvalue weighted by Crippen LogP contribution is 2.44. The second-order valence-corrected chi connectivity index (χ2v) is 9.45. The molecular formula is C19H25ClN2OS. The summed E-state index contributed by atoms with van der Waals surface area (Å²) in [4.78, 5) is 6.72. The van der Waals surface area contributed by atoms with Crippen LogP contribution < -0.4 is 4.90 Å². The van der Waals surface area contributed by atoms with E-state index in [1.807, 2.05) is 12.3 Å². The van der Waals surface area contributed by atoms with Gasteiger partial charge in [0.2, 0.25) is 0 Å². The van der Waals surface area contributed by atoms with Gasteiger partial charge >= 0.3 is 0 Å². The van der Waals surface area contributed by atoms with Crippen LogP contribution in [-0.2, 0) is 11.2 Å². The summed E-state index contributed by atoms with van der Waals surface area (Å²) in [5.74, 6) is 1.64. The summed E-state index contributed by atoms with van der Waals surface area (Å²) in [6.45, 7) is 9.80. The lowest BCUT2D eigenvalue weighted by atomic mass is 9.77. The minimum Gasteiger partial charge on any atom is -0.617 e. The van der Waals surface area contributed by atoms with Gasteiger partial charge in [-0.25, -0.2) is 4.98 Å². The Bertz CT molecular complexity index is 760. The number of nitrogens with zero attached hydrogens (tertiary/aromatic N) is 2. The van der Waals surface area contributed by atoms with Gasteiger partial charge in [0.05, 0.1) is 6.26 Å². The van der Waals surface area contributed by atoms with E-state index in [0.717, 1.165) is 17.7 Å². The number of halogens is 1. The Morgan fingerprint density at radius 3 is 2.67 bits per heavy atom. The fourth-order valence-electron chi connectivity index (χ4n) is 3.70. The first-order valence-corrected chi connectivity index (χ1v) is 10.5. The van der Waals surface area contributed by atoms with Gasteiger partial charge in [0.15, 0.2) is 0 Å². The molecule has 1 saturated heterocycles. The monoisotopic (exact) mass is 364 g/mol. The average molecular weight is 365 g/mol. The molecule has 2 heterocycles. The molecule has 0 spiro atoms. The molecule has 1 aromatic heterocycles. The van der Waals surface area contributed by atoms with Crippen molar-refractivity contribution in [1.29, 1.82) is 0 Å². The van der Waals surface area contributed by atoms with E-state index in [-0.39, 0.29) is 5.54 Å². The van der Waals surface area contributed by atoms with E-state index in [0.29, 0.717) is 17.0 Å². The Labute approximate surface area is 152 Å². The molecule has 0 N–H and O–H groups in total. The zero-order chi connectivity index (χ0) is 17.6. The van der Waals surface area contributed by atoms with Gasteiger partial charge < -0.3 is 9.45 Å². The van der Waals surface area contributed by atoms with Gasteiger partial charge in [0.1, 0.15) is 10.9 Å². The molecule has 0 aliphatic carbocycles. The van der Waals surface area contributed by atoms with Gasteiger partial charge in [0, 0.05) is 35.3 Å². The smallest absolute Gasteiger partial charge is 0.129 e. The third kappa shape index (κ3) is 3.00. The Hall–Kier alpha value is -0.970. The fraction of sp³-hybridized carbons (Fsp3) is 0.526. The standard InChI is InChI=1S/C19H25ClN2OS/c1-12(2)14-6-7-17(16-9-21-18(20)8-15(14)16)22-10-13(11-24(5)23)19(22,3)4/h6-9,12-13H,10-11H2,1-5H3/t13?,24-/m1/s1. The minimum absolute atomic E-state index is 0.00240. The Morgan fingerprint density at radius 1 is 1.38 bits per heavy atom. The molecule has 130 valence electrons. The van der Waals surface area contributed by atoms with Gasteiger partial charge in [-0.1, -0.05) is 42.7 Å². The summed E-state index contributed by atoms with van der Waals surface area (Å²) in [7, 11) is 0. The van der Waals surface area contributed by atoms with Crippen LogP contribution in [0.4, 0.5) is 5.69 Å². The normalized spacial score (nSPS) is 21.2. The number of benzene rings is 1. The number of fused-ring (bicyclic) bond motifs is 1. The molecule has 3 rings (SSSR count). The largest absolute Gasteiger partial charge is 0.617 e. The lowest BCUT2D eigenvalue weighted by Crippen LogP contribution is -2.66. The van der Waals surface area contributed by atoms with E-state index in [2.05, 4.69) is 49.7 Å². The fourth-order valence-corrected chi connectivity index (χ4v) is 4.93. The number of rotatable bonds is 4. The van der Waals surface area contributed by atoms with E-state index >= 15 is 0 Å². The quantitative estimate of drug-likeness (QED) is 0.587. The summed E-state index contributed by atoms with van der Waals surface area (Å²) in [5, 5.41) is 2.86. The molecule has 2 aromatic rings. The molecule has 0 radical (unpaired) electrons. The van der Waals surface area contributed by atoms with Crippen LogP contribution in [0.25, 0.3) is 10.8 Å². The van der Waals surface area contributed by atoms with Crippen molar-refractivity contribution in [3.8, 4) is 0 Å². The second kappa shape index (κ2) is 6.40. The molecule has 1 aliphatic heterocycles. The van der Waals surface area contributed by atoms with Gasteiger partial charge in [-0.3, -0.25) is 0 Å². The third-order valence-corrected chi connectivity index (χ3v) is 6.40. The lowest BCUT2D eigenvalue weighted by molar-refractivity contribution is 0.221. The Morgan fingerprint density at radius 2 is 2.08 bits per heavy atom. The van der Waals surface area contributed by atoms with Crippen LogP contribution in [0.3, 0.4) is 0 Å². The summed E-state index contributed by atoms with van der Waals surface area (Å²) >= 11 is 5.39. The Balaban J connectivity index is 2.04. The van der Waals surface area contributed by atoms with E-state index < -0.39 is 11.2 Å². The van der Waals surface area contributed by atoms with Crippen molar-refractivity contribution in [2.45, 2.75) is 39.2 Å². The molecule has 1 aromatic carbocycles. The molecule has 5 heteroatoms. The van der Waals surface area contributed by atoms with Crippen LogP contribution in [0.1, 0.15) is 39.2 Å². The first-order valence-electron chi connectivity index (χ1n) is 8.37. The molecule has 3 nitrogen and oxygen atoms in total. The summed E-state index contributed by atoms with van der Waals surface area (Å²) in [6, 6.07) is 6.38. The van der Waals surface area contributed by atoms with Crippen molar-refractivity contribution >= 4 is 39.2 Å². The number of anilines is 1. The van der Waals surface area contributed by atoms with Gasteiger partial charge in [-0.15, -0.1) is 0 Å². The topological polar surface area (TPSA) is 39.2 Å². The van der Waals surface area contributed by atoms with Gasteiger partial charge in [0.25, 0.3) is 0 Å². The summed E-state index contributed by atoms with van der Waals surface area (Å²) in [5.41, 5.74) is 2.49. The van der Waals surface area contributed by atoms with E-state index in [9.17, 15) is 4.55 Å². The molecular weight excluding hydrogens is 340 g/mol. The first kappa shape index (κ1) is 17.8. The van der Waals surface area contributed by atoms with Crippen molar-refractivity contribution in [3.05, 3.63) is 35.1 Å². The number of hydrogen-bond donors (Lipinski definition) is 0. The molecule has 0 saturated carbocycles. The highest BCUT2D eigenvalue weighted by Gasteiger charge is 2.48. The predicted octanol–water partition coefficient (Wildman–Crippen LogP) is 4.60. The van der Waals surface area contributed by atoms with Gasteiger partial charge in [-0.05, 0) is 42.8 Å². The van der Waals surface area contributed by atoms with Gasteiger partial charge in [-0.2, -0.15) is 0 Å². The highest BCUT2D eigenvalue weighted by atomic mass is 35.5. The van der Waals surface area contributed by atoms with Crippen LogP contribution in [0.15, 0.2) is 24.4 Å². The zero-order valence-corrected chi connectivity index (χ0v) is 16.5. The molecule has 1 fully saturated rings. The lowest BCUT2D eigenvalue weighted by Gasteiger charge is -2.56. The molecule has 1 aliphatic rings. The number of hydrogen-bond acceptors (Lipinski definition) is 3. The predicted molar refractivity (Wildman–Crippen MR) is 105 cm³/mol. The number of pyridine rings is 1. The van der Waals surface area contributed by atoms with Crippen molar-refractivity contribution in [2.24, 2.45) is 5.92 Å². The van der Waals surface area contributed by atoms with Crippen molar-refractivity contribution < 1.29 is 4.55 Å². The molecule has 24 heavy (non-hydrogen) atoms. The van der Waals surface area contributed by atoms with Crippen LogP contribution in [0, 0.1) is 5.92 Å². The minimum atomic E-state index is -0.759. The Kier molecular flexibility index (Phi) is 4.75. The van der Waals surface area contributed by atoms with Crippen LogP contribution in [0.2, 0.25) is 5.15 Å². The van der Waals surface area contributed by atoms with Crippen molar-refractivity contribution in [1.82, 2.24) is 4.98 Å². The SMILES string of the molecule is CC(C)c1ccc(N2CC(C[S@@+](C)[O-])C2(C)C)c2cnc(Cl)cc12. The summed E-state index contributed by atoms with van der Waals surface area (Å²) < 4.78 is 11.6. The summed E-state index contributed by atoms with van der Waals surface area (Å²) in [6.07, 6.45) is 3.68. The van der Waals surface area contributed by atoms with Crippen LogP contribution in [0.5, 0.6) is 0 Å². The molecule has 2 atom stereocenters. The maximum Gasteiger partial charge on any atom is 0.129 e. The molecule has 0 bridgehead atoms. The average Bonchev–Trinajstić information content (AvgIpc) is 2.49. The maximum atomic E-state index is 11.6. The van der Waals surface area contributed by atoms with Crippen LogP contribution >= 0.6 is 11.6 Å². The second-order valence-electron chi connectivity index (χ2n) is 7.58. The first-order chi connectivity index (χ1) is 11.2.